The Hall–Kier alpha value is -1.45. The second-order valence-corrected chi connectivity index (χ2v) is 11.1. The van der Waals surface area contributed by atoms with Crippen molar-refractivity contribution < 1.29 is 19.2 Å². The van der Waals surface area contributed by atoms with Gasteiger partial charge in [0.1, 0.15) is 11.3 Å². The lowest BCUT2D eigenvalue weighted by Gasteiger charge is -2.31. The van der Waals surface area contributed by atoms with Gasteiger partial charge in [0.25, 0.3) is 11.6 Å². The number of carbonyl (C=O) groups excluding carboxylic acids is 1. The molecule has 1 atom stereocenters. The Labute approximate surface area is 200 Å². The summed E-state index contributed by atoms with van der Waals surface area (Å²) in [5.74, 6) is 2.14. The van der Waals surface area contributed by atoms with Crippen LogP contribution < -0.4 is 4.74 Å². The molecule has 0 aromatic heterocycles. The second-order valence-electron chi connectivity index (χ2n) is 8.00. The van der Waals surface area contributed by atoms with Gasteiger partial charge in [0.05, 0.1) is 40.9 Å². The van der Waals surface area contributed by atoms with Crippen molar-refractivity contribution in [1.29, 1.82) is 0 Å². The summed E-state index contributed by atoms with van der Waals surface area (Å²) in [6.07, 6.45) is 2.70. The quantitative estimate of drug-likeness (QED) is 0.157. The van der Waals surface area contributed by atoms with E-state index in [1.54, 1.807) is 6.07 Å². The minimum absolute atomic E-state index is 0.0918. The largest absolute Gasteiger partial charge is 0.493 e. The van der Waals surface area contributed by atoms with Gasteiger partial charge in [-0.1, -0.05) is 13.8 Å². The Bertz CT molecular complexity index is 769. The Morgan fingerprint density at radius 1 is 1.25 bits per heavy atom. The van der Waals surface area contributed by atoms with Gasteiger partial charge in [-0.25, -0.2) is 0 Å². The molecule has 0 aliphatic carbocycles. The molecular weight excluding hydrogens is 448 g/mol. The van der Waals surface area contributed by atoms with Crippen LogP contribution in [-0.4, -0.2) is 63.7 Å². The van der Waals surface area contributed by atoms with Gasteiger partial charge in [-0.05, 0) is 56.7 Å². The number of nitrogens with zero attached hydrogens (tertiary/aromatic N) is 2. The summed E-state index contributed by atoms with van der Waals surface area (Å²) < 4.78 is 11.6. The summed E-state index contributed by atoms with van der Waals surface area (Å²) in [5, 5.41) is 11.8. The molecule has 0 bridgehead atoms. The Morgan fingerprint density at radius 2 is 1.94 bits per heavy atom. The van der Waals surface area contributed by atoms with Crippen LogP contribution >= 0.6 is 23.5 Å². The highest BCUT2D eigenvalue weighted by atomic mass is 32.2. The van der Waals surface area contributed by atoms with Gasteiger partial charge < -0.3 is 14.4 Å². The van der Waals surface area contributed by atoms with Crippen molar-refractivity contribution in [3.05, 3.63) is 33.4 Å². The van der Waals surface area contributed by atoms with E-state index in [0.717, 1.165) is 29.9 Å². The zero-order chi connectivity index (χ0) is 23.7. The standard InChI is InChI=1S/C23H36N2O5S2/c1-6-31-23(32-7-2)19-10-8-11-24(19)22(26)18-14-17(5)21(15-20(18)25(27)28)30-13-9-12-29-16(3)4/h14-16,19,23H,6-13H2,1-5H3/t19-/m1/s1. The van der Waals surface area contributed by atoms with Crippen LogP contribution in [0.25, 0.3) is 0 Å². The summed E-state index contributed by atoms with van der Waals surface area (Å²) in [6, 6.07) is 3.11. The van der Waals surface area contributed by atoms with Gasteiger partial charge in [0.2, 0.25) is 0 Å². The third-order valence-corrected chi connectivity index (χ3v) is 8.02. The maximum absolute atomic E-state index is 13.5. The number of carbonyl (C=O) groups is 1. The number of hydrogen-bond acceptors (Lipinski definition) is 7. The molecule has 1 amide bonds. The first-order valence-corrected chi connectivity index (χ1v) is 13.5. The van der Waals surface area contributed by atoms with Crippen LogP contribution in [0.1, 0.15) is 62.9 Å². The molecule has 1 heterocycles. The second kappa shape index (κ2) is 13.3. The smallest absolute Gasteiger partial charge is 0.285 e. The fraction of sp³-hybridized carbons (Fsp3) is 0.696. The SMILES string of the molecule is CCSC(SCC)[C@H]1CCCN1C(=O)c1cc(C)c(OCCCOC(C)C)cc1[N+](=O)[O-]. The Morgan fingerprint density at radius 3 is 2.53 bits per heavy atom. The van der Waals surface area contributed by atoms with Crippen molar-refractivity contribution in [2.24, 2.45) is 0 Å². The Balaban J connectivity index is 2.21. The fourth-order valence-corrected chi connectivity index (χ4v) is 6.67. The zero-order valence-electron chi connectivity index (χ0n) is 19.8. The van der Waals surface area contributed by atoms with Crippen molar-refractivity contribution in [3.8, 4) is 5.75 Å². The van der Waals surface area contributed by atoms with E-state index in [9.17, 15) is 14.9 Å². The van der Waals surface area contributed by atoms with Crippen molar-refractivity contribution in [2.45, 2.75) is 70.6 Å². The molecule has 1 saturated heterocycles. The van der Waals surface area contributed by atoms with Gasteiger partial charge in [-0.15, -0.1) is 23.5 Å². The van der Waals surface area contributed by atoms with E-state index in [1.165, 1.54) is 6.07 Å². The van der Waals surface area contributed by atoms with Gasteiger partial charge in [0.15, 0.2) is 0 Å². The van der Waals surface area contributed by atoms with Crippen LogP contribution in [0.2, 0.25) is 0 Å². The van der Waals surface area contributed by atoms with Crippen LogP contribution in [0.5, 0.6) is 5.75 Å². The summed E-state index contributed by atoms with van der Waals surface area (Å²) >= 11 is 3.70. The topological polar surface area (TPSA) is 81.9 Å². The molecule has 1 aromatic rings. The molecule has 9 heteroatoms. The summed E-state index contributed by atoms with van der Waals surface area (Å²) in [5.41, 5.74) is 0.682. The van der Waals surface area contributed by atoms with E-state index in [2.05, 4.69) is 13.8 Å². The number of likely N-dealkylation sites (tertiary alicyclic amines) is 1. The molecule has 180 valence electrons. The molecule has 32 heavy (non-hydrogen) atoms. The molecule has 1 aromatic carbocycles. The number of nitro groups is 1. The van der Waals surface area contributed by atoms with Gasteiger partial charge in [-0.3, -0.25) is 14.9 Å². The normalized spacial score (nSPS) is 16.2. The summed E-state index contributed by atoms with van der Waals surface area (Å²) in [7, 11) is 0. The van der Waals surface area contributed by atoms with Gasteiger partial charge in [-0.2, -0.15) is 0 Å². The average Bonchev–Trinajstić information content (AvgIpc) is 3.23. The number of hydrogen-bond donors (Lipinski definition) is 0. The number of ether oxygens (including phenoxy) is 2. The summed E-state index contributed by atoms with van der Waals surface area (Å²) in [4.78, 5) is 26.7. The number of aryl methyl sites for hydroxylation is 1. The number of thioether (sulfide) groups is 2. The molecule has 2 rings (SSSR count). The predicted molar refractivity (Wildman–Crippen MR) is 133 cm³/mol. The molecule has 0 unspecified atom stereocenters. The molecule has 1 aliphatic rings. The highest BCUT2D eigenvalue weighted by Gasteiger charge is 2.37. The molecule has 1 fully saturated rings. The summed E-state index contributed by atoms with van der Waals surface area (Å²) in [6.45, 7) is 11.6. The lowest BCUT2D eigenvalue weighted by molar-refractivity contribution is -0.385. The van der Waals surface area contributed by atoms with Crippen LogP contribution in [0.15, 0.2) is 12.1 Å². The van der Waals surface area contributed by atoms with Crippen LogP contribution in [-0.2, 0) is 4.74 Å². The van der Waals surface area contributed by atoms with E-state index < -0.39 is 4.92 Å². The van der Waals surface area contributed by atoms with Crippen LogP contribution in [0.4, 0.5) is 5.69 Å². The average molecular weight is 485 g/mol. The molecule has 0 saturated carbocycles. The van der Waals surface area contributed by atoms with Crippen LogP contribution in [0.3, 0.4) is 0 Å². The zero-order valence-corrected chi connectivity index (χ0v) is 21.4. The fourth-order valence-electron chi connectivity index (χ4n) is 3.80. The third kappa shape index (κ3) is 7.28. The van der Waals surface area contributed by atoms with Crippen molar-refractivity contribution in [1.82, 2.24) is 4.90 Å². The maximum atomic E-state index is 13.5. The number of rotatable bonds is 13. The molecule has 1 aliphatic heterocycles. The van der Waals surface area contributed by atoms with E-state index in [1.807, 2.05) is 49.2 Å². The predicted octanol–water partition coefficient (Wildman–Crippen LogP) is 5.53. The van der Waals surface area contributed by atoms with Crippen molar-refractivity contribution in [3.63, 3.8) is 0 Å². The first-order chi connectivity index (χ1) is 15.3. The third-order valence-electron chi connectivity index (χ3n) is 5.25. The molecule has 0 N–H and O–H groups in total. The lowest BCUT2D eigenvalue weighted by atomic mass is 10.1. The molecule has 7 nitrogen and oxygen atoms in total. The first-order valence-electron chi connectivity index (χ1n) is 11.4. The molecule has 0 radical (unpaired) electrons. The van der Waals surface area contributed by atoms with E-state index in [0.29, 0.717) is 31.9 Å². The van der Waals surface area contributed by atoms with E-state index in [-0.39, 0.29) is 33.9 Å². The molecular formula is C23H36N2O5S2. The van der Waals surface area contributed by atoms with Crippen molar-refractivity contribution >= 4 is 35.1 Å². The Kier molecular flexibility index (Phi) is 11.1. The minimum atomic E-state index is -0.481. The number of amides is 1. The minimum Gasteiger partial charge on any atom is -0.493 e. The highest BCUT2D eigenvalue weighted by Crippen LogP contribution is 2.37. The van der Waals surface area contributed by atoms with Gasteiger partial charge >= 0.3 is 0 Å². The number of nitro benzene ring substituents is 1. The van der Waals surface area contributed by atoms with E-state index >= 15 is 0 Å². The van der Waals surface area contributed by atoms with Crippen LogP contribution in [0, 0.1) is 17.0 Å². The monoisotopic (exact) mass is 484 g/mol. The maximum Gasteiger partial charge on any atom is 0.285 e. The highest BCUT2D eigenvalue weighted by molar-refractivity contribution is 8.17. The number of benzene rings is 1. The lowest BCUT2D eigenvalue weighted by Crippen LogP contribution is -2.41. The molecule has 0 spiro atoms. The van der Waals surface area contributed by atoms with E-state index in [4.69, 9.17) is 9.47 Å². The van der Waals surface area contributed by atoms with Gasteiger partial charge in [0, 0.05) is 13.0 Å². The first kappa shape index (κ1) is 26.8. The van der Waals surface area contributed by atoms with Crippen molar-refractivity contribution in [2.75, 3.05) is 31.3 Å².